The van der Waals surface area contributed by atoms with Crippen LogP contribution in [0, 0.1) is 6.92 Å². The van der Waals surface area contributed by atoms with Crippen LogP contribution in [0.3, 0.4) is 0 Å². The molecule has 0 saturated carbocycles. The van der Waals surface area contributed by atoms with Crippen molar-refractivity contribution in [1.82, 2.24) is 0 Å². The van der Waals surface area contributed by atoms with Crippen LogP contribution in [0.15, 0.2) is 42.5 Å². The van der Waals surface area contributed by atoms with E-state index in [4.69, 9.17) is 26.5 Å². The summed E-state index contributed by atoms with van der Waals surface area (Å²) in [6, 6.07) is 10.4. The number of methoxy groups -OCH3 is 2. The zero-order chi connectivity index (χ0) is 25.9. The summed E-state index contributed by atoms with van der Waals surface area (Å²) in [5, 5.41) is 10.4. The SMILES string of the molecule is [2H]C([2H])([2H])Oc1cc(C([2H])([2H])C([2H])([2H])CC([2H])([2H])C(O)COc2cccc(C)c2)ccc1OC. The van der Waals surface area contributed by atoms with E-state index in [1.807, 2.05) is 13.0 Å². The molecule has 0 bridgehead atoms. The van der Waals surface area contributed by atoms with Gasteiger partial charge in [-0.3, -0.25) is 0 Å². The van der Waals surface area contributed by atoms with Crippen molar-refractivity contribution in [3.63, 3.8) is 0 Å². The number of aryl methyl sites for hydroxylation is 2. The molecule has 2 aromatic rings. The fourth-order valence-corrected chi connectivity index (χ4v) is 2.09. The first-order chi connectivity index (χ1) is 15.5. The van der Waals surface area contributed by atoms with Gasteiger partial charge in [0.25, 0.3) is 0 Å². The van der Waals surface area contributed by atoms with E-state index in [0.717, 1.165) is 11.6 Å². The summed E-state index contributed by atoms with van der Waals surface area (Å²) in [5.41, 5.74) is 0.625. The Labute approximate surface area is 163 Å². The van der Waals surface area contributed by atoms with Crippen molar-refractivity contribution in [3.05, 3.63) is 53.6 Å². The minimum Gasteiger partial charge on any atom is -0.493 e. The zero-order valence-electron chi connectivity index (χ0n) is 23.2. The Balaban J connectivity index is 2.23. The number of hydrogen-bond donors (Lipinski definition) is 1. The summed E-state index contributed by atoms with van der Waals surface area (Å²) in [7, 11) is -1.58. The number of ether oxygens (including phenoxy) is 3. The zero-order valence-corrected chi connectivity index (χ0v) is 14.2. The highest BCUT2D eigenvalue weighted by Gasteiger charge is 2.07. The Morgan fingerprint density at radius 1 is 1.16 bits per heavy atom. The lowest BCUT2D eigenvalue weighted by molar-refractivity contribution is 0.0976. The quantitative estimate of drug-likeness (QED) is 0.696. The molecular formula is C21H28O4. The van der Waals surface area contributed by atoms with Crippen molar-refractivity contribution in [3.8, 4) is 17.2 Å². The first-order valence-corrected chi connectivity index (χ1v) is 7.74. The summed E-state index contributed by atoms with van der Waals surface area (Å²) in [5.74, 6) is 0.109. The third kappa shape index (κ3) is 6.31. The van der Waals surface area contributed by atoms with Crippen LogP contribution in [0.1, 0.15) is 42.6 Å². The predicted molar refractivity (Wildman–Crippen MR) is 99.8 cm³/mol. The molecule has 0 aliphatic heterocycles. The number of benzene rings is 2. The van der Waals surface area contributed by atoms with Crippen molar-refractivity contribution >= 4 is 0 Å². The van der Waals surface area contributed by atoms with E-state index in [2.05, 4.69) is 0 Å². The molecule has 0 aliphatic carbocycles. The van der Waals surface area contributed by atoms with Crippen LogP contribution >= 0.6 is 0 Å². The fourth-order valence-electron chi connectivity index (χ4n) is 2.09. The first kappa shape index (κ1) is 10.1. The predicted octanol–water partition coefficient (Wildman–Crippen LogP) is 4.16. The molecule has 1 unspecified atom stereocenters. The van der Waals surface area contributed by atoms with Gasteiger partial charge in [-0.25, -0.2) is 0 Å². The van der Waals surface area contributed by atoms with E-state index in [1.165, 1.54) is 19.2 Å². The largest absolute Gasteiger partial charge is 0.493 e. The lowest BCUT2D eigenvalue weighted by atomic mass is 10.0. The Kier molecular flexibility index (Phi) is 4.01. The highest BCUT2D eigenvalue weighted by atomic mass is 16.5. The molecule has 0 heterocycles. The topological polar surface area (TPSA) is 47.9 Å². The summed E-state index contributed by atoms with van der Waals surface area (Å²) >= 11 is 0. The van der Waals surface area contributed by atoms with Gasteiger partial charge in [-0.1, -0.05) is 24.6 Å². The van der Waals surface area contributed by atoms with Crippen molar-refractivity contribution < 1.29 is 31.7 Å². The highest BCUT2D eigenvalue weighted by molar-refractivity contribution is 5.42. The van der Waals surface area contributed by atoms with Crippen LogP contribution < -0.4 is 14.2 Å². The molecule has 0 radical (unpaired) electrons. The minimum atomic E-state index is -2.85. The van der Waals surface area contributed by atoms with Gasteiger partial charge < -0.3 is 19.3 Å². The Morgan fingerprint density at radius 2 is 2.04 bits per heavy atom. The van der Waals surface area contributed by atoms with Gasteiger partial charge in [0.05, 0.1) is 24.4 Å². The monoisotopic (exact) mass is 353 g/mol. The molecule has 0 fully saturated rings. The van der Waals surface area contributed by atoms with Crippen molar-refractivity contribution in [2.24, 2.45) is 0 Å². The van der Waals surface area contributed by atoms with E-state index in [9.17, 15) is 5.11 Å². The second-order valence-electron chi connectivity index (χ2n) is 5.29. The smallest absolute Gasteiger partial charge is 0.160 e. The maximum Gasteiger partial charge on any atom is 0.160 e. The Hall–Kier alpha value is -2.20. The fraction of sp³-hybridized carbons (Fsp3) is 0.429. The molecular weight excluding hydrogens is 316 g/mol. The van der Waals surface area contributed by atoms with Crippen LogP contribution in [0.2, 0.25) is 0 Å². The molecule has 0 amide bonds. The number of aliphatic hydroxyl groups excluding tert-OH is 1. The third-order valence-corrected chi connectivity index (χ3v) is 3.33. The highest BCUT2D eigenvalue weighted by Crippen LogP contribution is 2.28. The molecule has 0 aromatic heterocycles. The summed E-state index contributed by atoms with van der Waals surface area (Å²) in [4.78, 5) is 0. The standard InChI is InChI=1S/C21H28O4/c1-16-7-6-10-19(13-16)25-15-18(22)9-5-4-8-17-11-12-20(23-2)21(14-17)24-3/h6-7,10-14,18,22H,4-5,8-9,15H2,1-3H3/i3D3,4D2,8D2,9D2. The van der Waals surface area contributed by atoms with Crippen LogP contribution in [-0.2, 0) is 6.37 Å². The van der Waals surface area contributed by atoms with Crippen molar-refractivity contribution in [2.75, 3.05) is 20.8 Å². The van der Waals surface area contributed by atoms with Gasteiger partial charge in [0.1, 0.15) is 12.4 Å². The average molecular weight is 354 g/mol. The molecule has 25 heavy (non-hydrogen) atoms. The van der Waals surface area contributed by atoms with E-state index in [1.54, 1.807) is 18.2 Å². The number of aliphatic hydroxyl groups is 1. The lowest BCUT2D eigenvalue weighted by Crippen LogP contribution is -2.17. The second-order valence-corrected chi connectivity index (χ2v) is 5.29. The van der Waals surface area contributed by atoms with Crippen LogP contribution in [0.4, 0.5) is 0 Å². The molecule has 0 saturated heterocycles. The van der Waals surface area contributed by atoms with E-state index in [-0.39, 0.29) is 17.1 Å². The number of hydrogen-bond acceptors (Lipinski definition) is 4. The van der Waals surface area contributed by atoms with E-state index in [0.29, 0.717) is 5.75 Å². The molecule has 0 aliphatic rings. The second kappa shape index (κ2) is 9.94. The minimum absolute atomic E-state index is 0.00952. The van der Waals surface area contributed by atoms with Gasteiger partial charge in [-0.05, 0) is 61.4 Å². The molecule has 4 heteroatoms. The van der Waals surface area contributed by atoms with Gasteiger partial charge in [-0.2, -0.15) is 0 Å². The van der Waals surface area contributed by atoms with Crippen LogP contribution in [0.25, 0.3) is 0 Å². The van der Waals surface area contributed by atoms with Crippen molar-refractivity contribution in [1.29, 1.82) is 0 Å². The lowest BCUT2D eigenvalue weighted by Gasteiger charge is -2.13. The molecule has 4 nitrogen and oxygen atoms in total. The van der Waals surface area contributed by atoms with E-state index >= 15 is 0 Å². The van der Waals surface area contributed by atoms with Gasteiger partial charge in [-0.15, -0.1) is 0 Å². The maximum atomic E-state index is 10.4. The summed E-state index contributed by atoms with van der Waals surface area (Å²) in [6.45, 7) is 1.38. The first-order valence-electron chi connectivity index (χ1n) is 12.2. The Morgan fingerprint density at radius 3 is 2.80 bits per heavy atom. The van der Waals surface area contributed by atoms with Crippen LogP contribution in [-0.4, -0.2) is 32.0 Å². The number of rotatable bonds is 10. The summed E-state index contributed by atoms with van der Waals surface area (Å²) in [6.07, 6.45) is -10.9. The van der Waals surface area contributed by atoms with E-state index < -0.39 is 45.3 Å². The van der Waals surface area contributed by atoms with Gasteiger partial charge in [0, 0.05) is 8.22 Å². The summed E-state index contributed by atoms with van der Waals surface area (Å²) < 4.78 is 86.8. The average Bonchev–Trinajstić information content (AvgIpc) is 2.69. The molecule has 0 spiro atoms. The van der Waals surface area contributed by atoms with Gasteiger partial charge in [0.15, 0.2) is 11.5 Å². The molecule has 1 N–H and O–H groups in total. The normalized spacial score (nSPS) is 19.4. The third-order valence-electron chi connectivity index (χ3n) is 3.33. The van der Waals surface area contributed by atoms with Gasteiger partial charge >= 0.3 is 0 Å². The molecule has 2 aromatic carbocycles. The van der Waals surface area contributed by atoms with Crippen LogP contribution in [0.5, 0.6) is 17.2 Å². The van der Waals surface area contributed by atoms with Gasteiger partial charge in [0.2, 0.25) is 0 Å². The van der Waals surface area contributed by atoms with Crippen molar-refractivity contribution in [2.45, 2.75) is 38.6 Å². The maximum absolute atomic E-state index is 10.4. The molecule has 136 valence electrons. The molecule has 2 rings (SSSR count). The molecule has 1 atom stereocenters. The Bertz CT molecular complexity index is 977.